The van der Waals surface area contributed by atoms with E-state index in [1.54, 1.807) is 0 Å². The first-order chi connectivity index (χ1) is 11.2. The maximum Gasteiger partial charge on any atom is 0 e. The molecule has 0 saturated heterocycles. The topological polar surface area (TPSA) is 54.4 Å². The van der Waals surface area contributed by atoms with E-state index in [2.05, 4.69) is 6.92 Å². The summed E-state index contributed by atoms with van der Waals surface area (Å²) in [6.45, 7) is 3.35. The van der Waals surface area contributed by atoms with Gasteiger partial charge in [0.25, 0.3) is 0 Å². The predicted molar refractivity (Wildman–Crippen MR) is 88.7 cm³/mol. The summed E-state index contributed by atoms with van der Waals surface area (Å²) in [6, 6.07) is 20.0. The van der Waals surface area contributed by atoms with E-state index in [9.17, 15) is 0 Å². The molecule has 130 valence electrons. The fourth-order valence-corrected chi connectivity index (χ4v) is 1.27. The molecule has 3 nitrogen and oxygen atoms in total. The Morgan fingerprint density at radius 2 is 1.29 bits per heavy atom. The van der Waals surface area contributed by atoms with Gasteiger partial charge in [0.1, 0.15) is 0 Å². The number of aliphatic hydroxyl groups excluding tert-OH is 1. The third-order valence-electron chi connectivity index (χ3n) is 2.18. The molecular formula is C19H17Fe2O3-3. The molecule has 2 aromatic rings. The number of aliphatic hydroxyl groups is 1. The number of carbonyl (C=O) groups excluding carboxylic acids is 2. The Bertz CT molecular complexity index is 601. The molecule has 0 aromatic heterocycles. The summed E-state index contributed by atoms with van der Waals surface area (Å²) in [5.74, 6) is 0.134. The maximum atomic E-state index is 9.02. The molecule has 24 heavy (non-hydrogen) atoms. The van der Waals surface area contributed by atoms with E-state index in [0.717, 1.165) is 5.57 Å². The number of allylic oxidation sites excluding steroid dienone is 6. The van der Waals surface area contributed by atoms with Crippen molar-refractivity contribution >= 4 is 9.57 Å². The first-order valence-electron chi connectivity index (χ1n) is 6.50. The second-order valence-corrected chi connectivity index (χ2v) is 4.50. The van der Waals surface area contributed by atoms with Crippen molar-refractivity contribution in [2.45, 2.75) is 0 Å². The fourth-order valence-electron chi connectivity index (χ4n) is 1.22. The van der Waals surface area contributed by atoms with E-state index in [0.29, 0.717) is 0 Å². The van der Waals surface area contributed by atoms with Crippen molar-refractivity contribution in [3.8, 4) is 0 Å². The van der Waals surface area contributed by atoms with Gasteiger partial charge in [0, 0.05) is 17.1 Å². The van der Waals surface area contributed by atoms with Gasteiger partial charge in [-0.2, -0.15) is 36.4 Å². The fraction of sp³-hybridized carbons (Fsp3) is 0. The Kier molecular flexibility index (Phi) is 18.9. The Labute approximate surface area is 158 Å². The molecule has 2 aromatic carbocycles. The van der Waals surface area contributed by atoms with Crippen molar-refractivity contribution in [1.29, 1.82) is 0 Å². The van der Waals surface area contributed by atoms with Crippen LogP contribution in [0.5, 0.6) is 0 Å². The molecule has 0 bridgehead atoms. The molecule has 0 saturated carbocycles. The number of hydrogen-bond donors (Lipinski definition) is 1. The predicted octanol–water partition coefficient (Wildman–Crippen LogP) is 3.77. The molecule has 0 spiro atoms. The SMILES string of the molecule is O=[C]=[Fe]=[C]=O.[CH2-]C(O)=C1C=CC=C1.[Fe].c1cc[cH-]c1.c1cc[cH-]c1. The standard InChI is InChI=1S/C7H7O.2C5H5.2CO.2Fe/c1-6(8)7-4-2-3-5-7;2*1-2-4-5-3-1;2*1-2;;/h2-5,8H,1H2;2*1-5H;;;;/q3*-1;;;;. The molecule has 0 radical (unpaired) electrons. The van der Waals surface area contributed by atoms with Crippen LogP contribution >= 0.6 is 0 Å². The Morgan fingerprint density at radius 1 is 0.917 bits per heavy atom. The molecule has 5 heteroatoms. The zero-order valence-electron chi connectivity index (χ0n) is 12.8. The normalized spacial score (nSPS) is 9.42. The summed E-state index contributed by atoms with van der Waals surface area (Å²) >= 11 is -0.222. The smallest absolute Gasteiger partial charge is 0 e. The molecule has 0 amide bonds. The molecular weight excluding hydrogens is 388 g/mol. The van der Waals surface area contributed by atoms with E-state index in [4.69, 9.17) is 14.7 Å². The quantitative estimate of drug-likeness (QED) is 0.413. The monoisotopic (exact) mass is 405 g/mol. The van der Waals surface area contributed by atoms with Gasteiger partial charge in [-0.05, 0) is 5.76 Å². The van der Waals surface area contributed by atoms with Crippen molar-refractivity contribution in [3.05, 3.63) is 103 Å². The van der Waals surface area contributed by atoms with E-state index >= 15 is 0 Å². The van der Waals surface area contributed by atoms with Gasteiger partial charge in [-0.25, -0.2) is 31.2 Å². The van der Waals surface area contributed by atoms with Crippen molar-refractivity contribution in [1.82, 2.24) is 0 Å². The van der Waals surface area contributed by atoms with Crippen molar-refractivity contribution in [3.63, 3.8) is 0 Å². The van der Waals surface area contributed by atoms with Crippen LogP contribution in [0.15, 0.2) is 96.3 Å². The van der Waals surface area contributed by atoms with Crippen LogP contribution in [0.1, 0.15) is 0 Å². The zero-order chi connectivity index (χ0) is 17.2. The van der Waals surface area contributed by atoms with Crippen LogP contribution in [0.25, 0.3) is 0 Å². The Balaban J connectivity index is 0. The van der Waals surface area contributed by atoms with Gasteiger partial charge in [0.2, 0.25) is 0 Å². The van der Waals surface area contributed by atoms with Gasteiger partial charge < -0.3 is 5.11 Å². The average Bonchev–Trinajstić information content (AvgIpc) is 3.35. The van der Waals surface area contributed by atoms with E-state index in [-0.39, 0.29) is 36.9 Å². The second-order valence-electron chi connectivity index (χ2n) is 3.78. The minimum absolute atomic E-state index is 0. The summed E-state index contributed by atoms with van der Waals surface area (Å²) < 4.78 is 0. The molecule has 0 fully saturated rings. The van der Waals surface area contributed by atoms with Crippen LogP contribution in [-0.4, -0.2) is 14.7 Å². The molecule has 1 aliphatic carbocycles. The van der Waals surface area contributed by atoms with Crippen LogP contribution in [-0.2, 0) is 40.7 Å². The zero-order valence-corrected chi connectivity index (χ0v) is 15.0. The van der Waals surface area contributed by atoms with Gasteiger partial charge in [0.15, 0.2) is 0 Å². The summed E-state index contributed by atoms with van der Waals surface area (Å²) in [5, 5.41) is 8.72. The van der Waals surface area contributed by atoms with Gasteiger partial charge in [0.05, 0.1) is 0 Å². The van der Waals surface area contributed by atoms with Crippen LogP contribution in [0.2, 0.25) is 0 Å². The molecule has 0 atom stereocenters. The van der Waals surface area contributed by atoms with Crippen LogP contribution < -0.4 is 0 Å². The van der Waals surface area contributed by atoms with Gasteiger partial charge in [-0.15, -0.1) is 17.7 Å². The first-order valence-corrected chi connectivity index (χ1v) is 7.60. The average molecular weight is 405 g/mol. The number of hydrogen-bond acceptors (Lipinski definition) is 3. The third kappa shape index (κ3) is 16.2. The van der Waals surface area contributed by atoms with Crippen LogP contribution in [0.3, 0.4) is 0 Å². The summed E-state index contributed by atoms with van der Waals surface area (Å²) in [6.07, 6.45) is 7.33. The molecule has 3 rings (SSSR count). The van der Waals surface area contributed by atoms with E-state index in [1.165, 1.54) is 9.57 Å². The van der Waals surface area contributed by atoms with E-state index in [1.807, 2.05) is 85.0 Å². The van der Waals surface area contributed by atoms with Gasteiger partial charge >= 0.3 is 33.2 Å². The molecule has 0 unspecified atom stereocenters. The number of rotatable bonds is 0. The third-order valence-corrected chi connectivity index (χ3v) is 2.40. The largest absolute Gasteiger partial charge is 0.545 e. The molecule has 0 heterocycles. The van der Waals surface area contributed by atoms with Crippen molar-refractivity contribution in [2.75, 3.05) is 0 Å². The minimum Gasteiger partial charge on any atom is -0.545 e. The van der Waals surface area contributed by atoms with Crippen LogP contribution in [0.4, 0.5) is 0 Å². The van der Waals surface area contributed by atoms with Gasteiger partial charge in [-0.1, -0.05) is 12.2 Å². The van der Waals surface area contributed by atoms with Crippen LogP contribution in [0, 0.1) is 6.92 Å². The second kappa shape index (κ2) is 18.8. The van der Waals surface area contributed by atoms with Crippen molar-refractivity contribution in [2.24, 2.45) is 0 Å². The van der Waals surface area contributed by atoms with Gasteiger partial charge in [-0.3, -0.25) is 0 Å². The summed E-state index contributed by atoms with van der Waals surface area (Å²) in [5.41, 5.74) is 0.796. The minimum atomic E-state index is -0.222. The molecule has 1 N–H and O–H groups in total. The van der Waals surface area contributed by atoms with Crippen molar-refractivity contribution < 1.29 is 45.8 Å². The Hall–Kier alpha value is -2.21. The maximum absolute atomic E-state index is 9.02. The molecule has 0 aliphatic heterocycles. The summed E-state index contributed by atoms with van der Waals surface area (Å²) in [4.78, 5) is 20.7. The van der Waals surface area contributed by atoms with E-state index < -0.39 is 0 Å². The first kappa shape index (κ1) is 24.0. The summed E-state index contributed by atoms with van der Waals surface area (Å²) in [7, 11) is 0. The Morgan fingerprint density at radius 3 is 1.42 bits per heavy atom. The molecule has 1 aliphatic rings.